The van der Waals surface area contributed by atoms with E-state index in [1.807, 2.05) is 6.07 Å². The minimum Gasteiger partial charge on any atom is -0.504 e. The summed E-state index contributed by atoms with van der Waals surface area (Å²) in [4.78, 5) is 0. The Morgan fingerprint density at radius 2 is 2.10 bits per heavy atom. The third kappa shape index (κ3) is 2.74. The molecule has 1 saturated carbocycles. The molecule has 21 heavy (non-hydrogen) atoms. The van der Waals surface area contributed by atoms with Crippen molar-refractivity contribution in [1.82, 2.24) is 0 Å². The molecule has 1 heterocycles. The number of hydrogen-bond donors (Lipinski definition) is 3. The van der Waals surface area contributed by atoms with Crippen molar-refractivity contribution in [3.05, 3.63) is 23.3 Å². The van der Waals surface area contributed by atoms with Crippen molar-refractivity contribution in [2.45, 2.75) is 51.2 Å². The first-order valence-electron chi connectivity index (χ1n) is 7.99. The van der Waals surface area contributed by atoms with E-state index in [0.29, 0.717) is 18.9 Å². The molecule has 0 aromatic heterocycles. The SMILES string of the molecule is CC1CCCC(C2Cc3c(ccc(O)c3O)C(CN)O2)C1. The fourth-order valence-electron chi connectivity index (χ4n) is 3.97. The quantitative estimate of drug-likeness (QED) is 0.732. The van der Waals surface area contributed by atoms with Crippen LogP contribution >= 0.6 is 0 Å². The summed E-state index contributed by atoms with van der Waals surface area (Å²) >= 11 is 0. The molecule has 1 fully saturated rings. The molecule has 116 valence electrons. The van der Waals surface area contributed by atoms with Gasteiger partial charge in [-0.3, -0.25) is 0 Å². The molecule has 1 aromatic carbocycles. The molecule has 4 heteroatoms. The van der Waals surface area contributed by atoms with Crippen LogP contribution < -0.4 is 5.73 Å². The largest absolute Gasteiger partial charge is 0.504 e. The number of fused-ring (bicyclic) bond motifs is 1. The number of phenols is 2. The highest BCUT2D eigenvalue weighted by atomic mass is 16.5. The second-order valence-corrected chi connectivity index (χ2v) is 6.64. The Bertz CT molecular complexity index is 517. The molecule has 0 radical (unpaired) electrons. The Labute approximate surface area is 125 Å². The topological polar surface area (TPSA) is 75.7 Å². The first kappa shape index (κ1) is 14.7. The predicted molar refractivity (Wildman–Crippen MR) is 81.3 cm³/mol. The van der Waals surface area contributed by atoms with Crippen LogP contribution in [0.1, 0.15) is 49.8 Å². The maximum absolute atomic E-state index is 10.2. The van der Waals surface area contributed by atoms with Gasteiger partial charge in [0.2, 0.25) is 0 Å². The summed E-state index contributed by atoms with van der Waals surface area (Å²) in [6.07, 6.45) is 5.50. The zero-order valence-corrected chi connectivity index (χ0v) is 12.6. The standard InChI is InChI=1S/C17H25NO3/c1-10-3-2-4-11(7-10)15-8-13-12(16(9-18)21-15)5-6-14(19)17(13)20/h5-6,10-11,15-16,19-20H,2-4,7-9,18H2,1H3. The molecule has 2 aliphatic rings. The number of ether oxygens (including phenoxy) is 1. The maximum atomic E-state index is 10.2. The Morgan fingerprint density at radius 1 is 1.29 bits per heavy atom. The zero-order chi connectivity index (χ0) is 15.0. The van der Waals surface area contributed by atoms with Gasteiger partial charge in [0.1, 0.15) is 0 Å². The molecule has 4 N–H and O–H groups in total. The van der Waals surface area contributed by atoms with Crippen LogP contribution in [0.15, 0.2) is 12.1 Å². The summed E-state index contributed by atoms with van der Waals surface area (Å²) < 4.78 is 6.23. The molecule has 4 unspecified atom stereocenters. The predicted octanol–water partition coefficient (Wildman–Crippen LogP) is 2.87. The number of rotatable bonds is 2. The van der Waals surface area contributed by atoms with E-state index >= 15 is 0 Å². The first-order valence-corrected chi connectivity index (χ1v) is 7.99. The summed E-state index contributed by atoms with van der Waals surface area (Å²) in [5, 5.41) is 19.9. The van der Waals surface area contributed by atoms with Crippen LogP contribution in [-0.4, -0.2) is 22.9 Å². The maximum Gasteiger partial charge on any atom is 0.161 e. The fraction of sp³-hybridized carbons (Fsp3) is 0.647. The number of hydrogen-bond acceptors (Lipinski definition) is 4. The molecule has 3 rings (SSSR count). The van der Waals surface area contributed by atoms with Crippen molar-refractivity contribution in [1.29, 1.82) is 0 Å². The third-order valence-electron chi connectivity index (χ3n) is 5.11. The Morgan fingerprint density at radius 3 is 2.81 bits per heavy atom. The second-order valence-electron chi connectivity index (χ2n) is 6.64. The summed E-state index contributed by atoms with van der Waals surface area (Å²) in [5.74, 6) is 1.21. The zero-order valence-electron chi connectivity index (χ0n) is 12.6. The molecule has 1 aliphatic heterocycles. The average molecular weight is 291 g/mol. The molecule has 4 nitrogen and oxygen atoms in total. The lowest BCUT2D eigenvalue weighted by molar-refractivity contribution is -0.0634. The van der Waals surface area contributed by atoms with E-state index in [1.165, 1.54) is 31.7 Å². The van der Waals surface area contributed by atoms with Gasteiger partial charge in [0.05, 0.1) is 12.2 Å². The van der Waals surface area contributed by atoms with Crippen LogP contribution in [0.3, 0.4) is 0 Å². The van der Waals surface area contributed by atoms with Gasteiger partial charge in [-0.15, -0.1) is 0 Å². The first-order chi connectivity index (χ1) is 10.1. The molecule has 1 aromatic rings. The van der Waals surface area contributed by atoms with Gasteiger partial charge in [-0.05, 0) is 36.3 Å². The van der Waals surface area contributed by atoms with Gasteiger partial charge in [-0.25, -0.2) is 0 Å². The van der Waals surface area contributed by atoms with Crippen LogP contribution in [0.5, 0.6) is 11.5 Å². The van der Waals surface area contributed by atoms with Crippen LogP contribution in [0.2, 0.25) is 0 Å². The van der Waals surface area contributed by atoms with Crippen molar-refractivity contribution in [3.63, 3.8) is 0 Å². The minimum absolute atomic E-state index is 0.00288. The lowest BCUT2D eigenvalue weighted by Crippen LogP contribution is -2.37. The number of phenolic OH excluding ortho intramolecular Hbond substituents is 2. The Kier molecular flexibility index (Phi) is 4.09. The van der Waals surface area contributed by atoms with Gasteiger partial charge in [-0.1, -0.05) is 25.8 Å². The van der Waals surface area contributed by atoms with Gasteiger partial charge in [-0.2, -0.15) is 0 Å². The van der Waals surface area contributed by atoms with E-state index in [9.17, 15) is 10.2 Å². The van der Waals surface area contributed by atoms with Crippen molar-refractivity contribution < 1.29 is 14.9 Å². The highest BCUT2D eigenvalue weighted by molar-refractivity contribution is 5.51. The van der Waals surface area contributed by atoms with Gasteiger partial charge in [0.15, 0.2) is 11.5 Å². The average Bonchev–Trinajstić information content (AvgIpc) is 2.50. The molecular weight excluding hydrogens is 266 g/mol. The summed E-state index contributed by atoms with van der Waals surface area (Å²) in [6.45, 7) is 2.70. The van der Waals surface area contributed by atoms with E-state index in [2.05, 4.69) is 6.92 Å². The van der Waals surface area contributed by atoms with Crippen LogP contribution in [0.25, 0.3) is 0 Å². The fourth-order valence-corrected chi connectivity index (χ4v) is 3.97. The summed E-state index contributed by atoms with van der Waals surface area (Å²) in [5.41, 5.74) is 7.60. The minimum atomic E-state index is -0.178. The highest BCUT2D eigenvalue weighted by Crippen LogP contribution is 2.43. The Balaban J connectivity index is 1.88. The van der Waals surface area contributed by atoms with E-state index < -0.39 is 0 Å². The van der Waals surface area contributed by atoms with Crippen LogP contribution in [0.4, 0.5) is 0 Å². The third-order valence-corrected chi connectivity index (χ3v) is 5.11. The van der Waals surface area contributed by atoms with Crippen molar-refractivity contribution in [3.8, 4) is 11.5 Å². The molecule has 1 aliphatic carbocycles. The van der Waals surface area contributed by atoms with Gasteiger partial charge in [0, 0.05) is 18.5 Å². The lowest BCUT2D eigenvalue weighted by atomic mass is 9.76. The molecule has 0 saturated heterocycles. The second kappa shape index (κ2) is 5.85. The monoisotopic (exact) mass is 291 g/mol. The summed E-state index contributed by atoms with van der Waals surface area (Å²) in [6, 6.07) is 3.34. The molecular formula is C17H25NO3. The van der Waals surface area contributed by atoms with E-state index in [0.717, 1.165) is 17.0 Å². The van der Waals surface area contributed by atoms with Crippen LogP contribution in [-0.2, 0) is 11.2 Å². The van der Waals surface area contributed by atoms with Gasteiger partial charge < -0.3 is 20.7 Å². The molecule has 0 bridgehead atoms. The Hall–Kier alpha value is -1.26. The lowest BCUT2D eigenvalue weighted by Gasteiger charge is -2.39. The normalized spacial score (nSPS) is 32.7. The van der Waals surface area contributed by atoms with Crippen molar-refractivity contribution in [2.24, 2.45) is 17.6 Å². The van der Waals surface area contributed by atoms with E-state index in [4.69, 9.17) is 10.5 Å². The summed E-state index contributed by atoms with van der Waals surface area (Å²) in [7, 11) is 0. The smallest absolute Gasteiger partial charge is 0.161 e. The highest BCUT2D eigenvalue weighted by Gasteiger charge is 2.35. The van der Waals surface area contributed by atoms with E-state index in [-0.39, 0.29) is 23.7 Å². The van der Waals surface area contributed by atoms with Crippen molar-refractivity contribution in [2.75, 3.05) is 6.54 Å². The molecule has 4 atom stereocenters. The number of aromatic hydroxyl groups is 2. The van der Waals surface area contributed by atoms with Crippen LogP contribution in [0, 0.1) is 11.8 Å². The molecule has 0 amide bonds. The molecule has 0 spiro atoms. The van der Waals surface area contributed by atoms with Gasteiger partial charge in [0.25, 0.3) is 0 Å². The van der Waals surface area contributed by atoms with Gasteiger partial charge >= 0.3 is 0 Å². The number of benzene rings is 1. The number of nitrogens with two attached hydrogens (primary N) is 1. The van der Waals surface area contributed by atoms with E-state index in [1.54, 1.807) is 0 Å². The van der Waals surface area contributed by atoms with Crippen molar-refractivity contribution >= 4 is 0 Å².